The van der Waals surface area contributed by atoms with Gasteiger partial charge < -0.3 is 5.32 Å². The first-order valence-electron chi connectivity index (χ1n) is 7.44. The Morgan fingerprint density at radius 1 is 1.47 bits per heavy atom. The predicted molar refractivity (Wildman–Crippen MR) is 74.8 cm³/mol. The van der Waals surface area contributed by atoms with E-state index in [9.17, 15) is 0 Å². The summed E-state index contributed by atoms with van der Waals surface area (Å²) in [6.45, 7) is 10.9. The Balaban J connectivity index is 1.67. The zero-order valence-electron chi connectivity index (χ0n) is 12.3. The van der Waals surface area contributed by atoms with Gasteiger partial charge in [0.1, 0.15) is 12.2 Å². The van der Waals surface area contributed by atoms with Crippen LogP contribution in [0.3, 0.4) is 0 Å². The van der Waals surface area contributed by atoms with E-state index in [1.807, 2.05) is 4.68 Å². The largest absolute Gasteiger partial charge is 0.309 e. The topological polar surface area (TPSA) is 46.0 Å². The summed E-state index contributed by atoms with van der Waals surface area (Å²) in [7, 11) is 0. The summed E-state index contributed by atoms with van der Waals surface area (Å²) < 4.78 is 2.04. The van der Waals surface area contributed by atoms with Gasteiger partial charge in [-0.05, 0) is 39.5 Å². The van der Waals surface area contributed by atoms with Crippen LogP contribution in [0.1, 0.15) is 45.5 Å². The highest BCUT2D eigenvalue weighted by atomic mass is 15.4. The second kappa shape index (κ2) is 4.87. The monoisotopic (exact) mass is 263 g/mol. The molecule has 1 N–H and O–H groups in total. The molecule has 1 aliphatic carbocycles. The maximum absolute atomic E-state index is 4.43. The number of hydrogen-bond acceptors (Lipinski definition) is 4. The Kier molecular flexibility index (Phi) is 3.35. The lowest BCUT2D eigenvalue weighted by Gasteiger charge is -2.41. The minimum atomic E-state index is 0.306. The van der Waals surface area contributed by atoms with Crippen LogP contribution in [0.15, 0.2) is 6.33 Å². The average molecular weight is 263 g/mol. The van der Waals surface area contributed by atoms with Gasteiger partial charge in [0.05, 0.1) is 6.54 Å². The van der Waals surface area contributed by atoms with E-state index in [0.29, 0.717) is 11.6 Å². The molecule has 0 spiro atoms. The molecule has 1 saturated heterocycles. The smallest absolute Gasteiger partial charge is 0.141 e. The lowest BCUT2D eigenvalue weighted by Crippen LogP contribution is -2.59. The number of piperazine rings is 1. The van der Waals surface area contributed by atoms with Gasteiger partial charge in [0, 0.05) is 31.2 Å². The molecular formula is C14H25N5. The quantitative estimate of drug-likeness (QED) is 0.893. The van der Waals surface area contributed by atoms with Gasteiger partial charge in [-0.2, -0.15) is 5.10 Å². The summed E-state index contributed by atoms with van der Waals surface area (Å²) in [6.07, 6.45) is 4.46. The third kappa shape index (κ3) is 2.67. The Morgan fingerprint density at radius 2 is 2.26 bits per heavy atom. The molecule has 1 atom stereocenters. The van der Waals surface area contributed by atoms with Crippen molar-refractivity contribution in [3.8, 4) is 0 Å². The van der Waals surface area contributed by atoms with Gasteiger partial charge in [-0.25, -0.2) is 9.67 Å². The third-order valence-electron chi connectivity index (χ3n) is 4.49. The fourth-order valence-corrected chi connectivity index (χ4v) is 3.25. The zero-order valence-corrected chi connectivity index (χ0v) is 12.3. The van der Waals surface area contributed by atoms with Gasteiger partial charge >= 0.3 is 0 Å². The van der Waals surface area contributed by atoms with Crippen molar-refractivity contribution in [2.75, 3.05) is 19.6 Å². The molecule has 0 bridgehead atoms. The molecule has 0 amide bonds. The molecule has 106 valence electrons. The van der Waals surface area contributed by atoms with Crippen molar-refractivity contribution in [1.29, 1.82) is 0 Å². The minimum Gasteiger partial charge on any atom is -0.309 e. The van der Waals surface area contributed by atoms with E-state index >= 15 is 0 Å². The molecule has 2 heterocycles. The van der Waals surface area contributed by atoms with Gasteiger partial charge in [-0.1, -0.05) is 0 Å². The highest BCUT2D eigenvalue weighted by Crippen LogP contribution is 2.40. The molecule has 0 radical (unpaired) electrons. The lowest BCUT2D eigenvalue weighted by atomic mass is 9.93. The van der Waals surface area contributed by atoms with E-state index in [2.05, 4.69) is 41.1 Å². The molecular weight excluding hydrogens is 238 g/mol. The number of hydrogen-bond donors (Lipinski definition) is 1. The van der Waals surface area contributed by atoms with Gasteiger partial charge in [-0.3, -0.25) is 4.90 Å². The molecule has 19 heavy (non-hydrogen) atoms. The standard InChI is InChI=1S/C14H25N5/c1-11(2)19-13(15-10-17-19)8-18-7-6-16-14(3,9-18)12-4-5-12/h10-12,16H,4-9H2,1-3H3. The number of aromatic nitrogens is 3. The summed E-state index contributed by atoms with van der Waals surface area (Å²) in [5.74, 6) is 1.97. The van der Waals surface area contributed by atoms with Crippen LogP contribution in [0.4, 0.5) is 0 Å². The first-order valence-corrected chi connectivity index (χ1v) is 7.44. The van der Waals surface area contributed by atoms with Crippen molar-refractivity contribution in [3.63, 3.8) is 0 Å². The van der Waals surface area contributed by atoms with Crippen molar-refractivity contribution in [1.82, 2.24) is 25.0 Å². The van der Waals surface area contributed by atoms with Crippen LogP contribution in [-0.4, -0.2) is 44.8 Å². The molecule has 1 aromatic heterocycles. The fourth-order valence-electron chi connectivity index (χ4n) is 3.25. The molecule has 3 rings (SSSR count). The predicted octanol–water partition coefficient (Wildman–Crippen LogP) is 1.43. The van der Waals surface area contributed by atoms with E-state index in [4.69, 9.17) is 0 Å². The van der Waals surface area contributed by atoms with Crippen LogP contribution >= 0.6 is 0 Å². The van der Waals surface area contributed by atoms with E-state index < -0.39 is 0 Å². The Labute approximate surface area is 115 Å². The Bertz CT molecular complexity index is 437. The second-order valence-corrected chi connectivity index (χ2v) is 6.54. The van der Waals surface area contributed by atoms with Crippen LogP contribution < -0.4 is 5.32 Å². The molecule has 2 fully saturated rings. The van der Waals surface area contributed by atoms with E-state index in [1.165, 1.54) is 12.8 Å². The molecule has 1 aromatic rings. The zero-order chi connectivity index (χ0) is 13.5. The molecule has 2 aliphatic rings. The molecule has 1 aliphatic heterocycles. The summed E-state index contributed by atoms with van der Waals surface area (Å²) in [4.78, 5) is 6.96. The summed E-state index contributed by atoms with van der Waals surface area (Å²) in [5, 5.41) is 8.05. The molecule has 1 unspecified atom stereocenters. The first-order chi connectivity index (χ1) is 9.08. The van der Waals surface area contributed by atoms with Crippen LogP contribution in [0.25, 0.3) is 0 Å². The van der Waals surface area contributed by atoms with Gasteiger partial charge in [0.15, 0.2) is 0 Å². The van der Waals surface area contributed by atoms with E-state index in [1.54, 1.807) is 6.33 Å². The normalized spacial score (nSPS) is 29.1. The molecule has 5 heteroatoms. The van der Waals surface area contributed by atoms with Crippen LogP contribution in [0, 0.1) is 5.92 Å². The van der Waals surface area contributed by atoms with Crippen molar-refractivity contribution in [2.24, 2.45) is 5.92 Å². The molecule has 5 nitrogen and oxygen atoms in total. The van der Waals surface area contributed by atoms with E-state index in [-0.39, 0.29) is 0 Å². The van der Waals surface area contributed by atoms with Gasteiger partial charge in [0.25, 0.3) is 0 Å². The van der Waals surface area contributed by atoms with Crippen LogP contribution in [0.2, 0.25) is 0 Å². The average Bonchev–Trinajstić information content (AvgIpc) is 3.11. The molecule has 0 aromatic carbocycles. The fraction of sp³-hybridized carbons (Fsp3) is 0.857. The van der Waals surface area contributed by atoms with Crippen molar-refractivity contribution in [2.45, 2.75) is 51.7 Å². The highest BCUT2D eigenvalue weighted by Gasteiger charge is 2.43. The van der Waals surface area contributed by atoms with E-state index in [0.717, 1.165) is 37.9 Å². The number of nitrogens with zero attached hydrogens (tertiary/aromatic N) is 4. The minimum absolute atomic E-state index is 0.306. The van der Waals surface area contributed by atoms with Crippen molar-refractivity contribution >= 4 is 0 Å². The lowest BCUT2D eigenvalue weighted by molar-refractivity contribution is 0.117. The summed E-state index contributed by atoms with van der Waals surface area (Å²) in [5.41, 5.74) is 0.306. The molecule has 1 saturated carbocycles. The summed E-state index contributed by atoms with van der Waals surface area (Å²) >= 11 is 0. The maximum Gasteiger partial charge on any atom is 0.141 e. The second-order valence-electron chi connectivity index (χ2n) is 6.54. The van der Waals surface area contributed by atoms with Crippen LogP contribution in [-0.2, 0) is 6.54 Å². The first kappa shape index (κ1) is 13.1. The van der Waals surface area contributed by atoms with Crippen molar-refractivity contribution < 1.29 is 0 Å². The Morgan fingerprint density at radius 3 is 2.95 bits per heavy atom. The maximum atomic E-state index is 4.43. The SMILES string of the molecule is CC(C)n1ncnc1CN1CCNC(C)(C2CC2)C1. The number of nitrogens with one attached hydrogen (secondary N) is 1. The van der Waals surface area contributed by atoms with Crippen molar-refractivity contribution in [3.05, 3.63) is 12.2 Å². The van der Waals surface area contributed by atoms with Gasteiger partial charge in [-0.15, -0.1) is 0 Å². The Hall–Kier alpha value is -0.940. The summed E-state index contributed by atoms with van der Waals surface area (Å²) in [6, 6.07) is 0.384. The number of rotatable bonds is 4. The van der Waals surface area contributed by atoms with Gasteiger partial charge in [0.2, 0.25) is 0 Å². The van der Waals surface area contributed by atoms with Crippen LogP contribution in [0.5, 0.6) is 0 Å². The third-order valence-corrected chi connectivity index (χ3v) is 4.49. The highest BCUT2D eigenvalue weighted by molar-refractivity contribution is 5.02.